The summed E-state index contributed by atoms with van der Waals surface area (Å²) in [5.74, 6) is 1.90. The molecule has 1 aromatic carbocycles. The highest BCUT2D eigenvalue weighted by Crippen LogP contribution is 2.28. The first-order chi connectivity index (χ1) is 10.3. The van der Waals surface area contributed by atoms with E-state index in [9.17, 15) is 5.11 Å². The van der Waals surface area contributed by atoms with Crippen LogP contribution in [0.5, 0.6) is 5.75 Å². The average molecular weight is 283 g/mol. The molecule has 0 aliphatic heterocycles. The number of phenols is 1. The molecule has 0 fully saturated rings. The molecule has 1 aromatic heterocycles. The maximum Gasteiger partial charge on any atom is 0.161 e. The summed E-state index contributed by atoms with van der Waals surface area (Å²) in [6, 6.07) is 7.15. The van der Waals surface area contributed by atoms with Crippen LogP contribution in [0.1, 0.15) is 37.4 Å². The van der Waals surface area contributed by atoms with E-state index in [1.807, 2.05) is 12.1 Å². The fourth-order valence-electron chi connectivity index (χ4n) is 2.86. The van der Waals surface area contributed by atoms with Gasteiger partial charge >= 0.3 is 0 Å². The Hall–Kier alpha value is -2.10. The highest BCUT2D eigenvalue weighted by molar-refractivity contribution is 5.61. The summed E-state index contributed by atoms with van der Waals surface area (Å²) in [4.78, 5) is 9.46. The van der Waals surface area contributed by atoms with Gasteiger partial charge in [0.15, 0.2) is 5.82 Å². The summed E-state index contributed by atoms with van der Waals surface area (Å²) in [7, 11) is 0. The molecule has 0 saturated carbocycles. The molecule has 1 aliphatic rings. The third-order valence-electron chi connectivity index (χ3n) is 3.88. The number of nitrogens with one attached hydrogen (secondary N) is 1. The molecule has 0 bridgehead atoms. The quantitative estimate of drug-likeness (QED) is 0.846. The van der Waals surface area contributed by atoms with Crippen LogP contribution in [0.2, 0.25) is 0 Å². The number of hydrogen-bond donors (Lipinski definition) is 2. The van der Waals surface area contributed by atoms with E-state index in [1.165, 1.54) is 24.8 Å². The number of aromatic nitrogens is 2. The molecule has 110 valence electrons. The van der Waals surface area contributed by atoms with Crippen LogP contribution in [0.15, 0.2) is 24.3 Å². The molecular weight excluding hydrogens is 262 g/mol. The van der Waals surface area contributed by atoms with Crippen LogP contribution in [-0.2, 0) is 12.8 Å². The number of aromatic hydroxyl groups is 1. The Balaban J connectivity index is 2.09. The molecule has 21 heavy (non-hydrogen) atoms. The first kappa shape index (κ1) is 13.9. The van der Waals surface area contributed by atoms with E-state index < -0.39 is 0 Å². The van der Waals surface area contributed by atoms with Crippen LogP contribution >= 0.6 is 0 Å². The van der Waals surface area contributed by atoms with Gasteiger partial charge in [-0.1, -0.05) is 18.6 Å². The number of benzene rings is 1. The molecule has 0 radical (unpaired) electrons. The van der Waals surface area contributed by atoms with Crippen molar-refractivity contribution in [3.8, 4) is 17.1 Å². The smallest absolute Gasteiger partial charge is 0.161 e. The van der Waals surface area contributed by atoms with Gasteiger partial charge in [-0.05, 0) is 44.7 Å². The number of fused-ring (bicyclic) bond motifs is 1. The standard InChI is InChI=1S/C17H21N3O/c1-2-18-17-14-9-4-3-5-10-15(14)19-16(20-17)12-7-6-8-13(21)11-12/h6-8,11,21H,2-5,9-10H2,1H3,(H,18,19,20). The van der Waals surface area contributed by atoms with Gasteiger partial charge < -0.3 is 10.4 Å². The molecule has 4 heteroatoms. The maximum absolute atomic E-state index is 9.66. The van der Waals surface area contributed by atoms with Crippen molar-refractivity contribution in [3.05, 3.63) is 35.5 Å². The van der Waals surface area contributed by atoms with Crippen molar-refractivity contribution in [1.82, 2.24) is 9.97 Å². The van der Waals surface area contributed by atoms with Crippen LogP contribution in [0, 0.1) is 0 Å². The van der Waals surface area contributed by atoms with Gasteiger partial charge in [-0.25, -0.2) is 9.97 Å². The summed E-state index contributed by atoms with van der Waals surface area (Å²) in [5, 5.41) is 13.0. The Morgan fingerprint density at radius 1 is 1.14 bits per heavy atom. The third kappa shape index (κ3) is 2.99. The van der Waals surface area contributed by atoms with Gasteiger partial charge in [0.2, 0.25) is 0 Å². The predicted octanol–water partition coefficient (Wildman–Crippen LogP) is 3.55. The Morgan fingerprint density at radius 3 is 2.81 bits per heavy atom. The lowest BCUT2D eigenvalue weighted by molar-refractivity contribution is 0.475. The van der Waals surface area contributed by atoms with Crippen LogP contribution in [0.3, 0.4) is 0 Å². The van der Waals surface area contributed by atoms with E-state index in [1.54, 1.807) is 12.1 Å². The fraction of sp³-hybridized carbons (Fsp3) is 0.412. The minimum atomic E-state index is 0.246. The van der Waals surface area contributed by atoms with Crippen molar-refractivity contribution >= 4 is 5.82 Å². The van der Waals surface area contributed by atoms with Crippen molar-refractivity contribution in [1.29, 1.82) is 0 Å². The van der Waals surface area contributed by atoms with Gasteiger partial charge in [0.1, 0.15) is 11.6 Å². The first-order valence-corrected chi connectivity index (χ1v) is 7.71. The molecule has 0 spiro atoms. The highest BCUT2D eigenvalue weighted by Gasteiger charge is 2.17. The topological polar surface area (TPSA) is 58.0 Å². The summed E-state index contributed by atoms with van der Waals surface area (Å²) in [5.41, 5.74) is 3.30. The van der Waals surface area contributed by atoms with Crippen LogP contribution < -0.4 is 5.32 Å². The monoisotopic (exact) mass is 283 g/mol. The van der Waals surface area contributed by atoms with Gasteiger partial charge in [-0.3, -0.25) is 0 Å². The fourth-order valence-corrected chi connectivity index (χ4v) is 2.86. The molecule has 4 nitrogen and oxygen atoms in total. The highest BCUT2D eigenvalue weighted by atomic mass is 16.3. The summed E-state index contributed by atoms with van der Waals surface area (Å²) < 4.78 is 0. The summed E-state index contributed by atoms with van der Waals surface area (Å²) >= 11 is 0. The largest absolute Gasteiger partial charge is 0.508 e. The van der Waals surface area contributed by atoms with Crippen molar-refractivity contribution in [3.63, 3.8) is 0 Å². The zero-order valence-electron chi connectivity index (χ0n) is 12.4. The minimum Gasteiger partial charge on any atom is -0.508 e. The van der Waals surface area contributed by atoms with E-state index in [0.29, 0.717) is 5.82 Å². The number of rotatable bonds is 3. The van der Waals surface area contributed by atoms with Crippen LogP contribution in [0.4, 0.5) is 5.82 Å². The molecule has 1 aliphatic carbocycles. The molecule has 2 aromatic rings. The Kier molecular flexibility index (Phi) is 4.04. The lowest BCUT2D eigenvalue weighted by atomic mass is 10.1. The lowest BCUT2D eigenvalue weighted by Crippen LogP contribution is -2.09. The van der Waals surface area contributed by atoms with Crippen molar-refractivity contribution in [2.24, 2.45) is 0 Å². The SMILES string of the molecule is CCNc1nc(-c2cccc(O)c2)nc2c1CCCCC2. The molecule has 2 N–H and O–H groups in total. The Bertz CT molecular complexity index is 640. The first-order valence-electron chi connectivity index (χ1n) is 7.71. The van der Waals surface area contributed by atoms with E-state index in [0.717, 1.165) is 36.5 Å². The minimum absolute atomic E-state index is 0.246. The van der Waals surface area contributed by atoms with Crippen LogP contribution in [0.25, 0.3) is 11.4 Å². The van der Waals surface area contributed by atoms with Gasteiger partial charge in [0, 0.05) is 23.4 Å². The summed E-state index contributed by atoms with van der Waals surface area (Å²) in [6.45, 7) is 2.93. The second-order valence-electron chi connectivity index (χ2n) is 5.46. The number of phenolic OH excluding ortho intramolecular Hbond substituents is 1. The molecule has 0 saturated heterocycles. The van der Waals surface area contributed by atoms with E-state index in [4.69, 9.17) is 9.97 Å². The molecule has 0 amide bonds. The Morgan fingerprint density at radius 2 is 2.00 bits per heavy atom. The number of anilines is 1. The molecule has 3 rings (SSSR count). The zero-order chi connectivity index (χ0) is 14.7. The third-order valence-corrected chi connectivity index (χ3v) is 3.88. The predicted molar refractivity (Wildman–Crippen MR) is 84.6 cm³/mol. The average Bonchev–Trinajstić information content (AvgIpc) is 2.73. The second kappa shape index (κ2) is 6.12. The molecule has 0 atom stereocenters. The van der Waals surface area contributed by atoms with Gasteiger partial charge in [0.25, 0.3) is 0 Å². The second-order valence-corrected chi connectivity index (χ2v) is 5.46. The van der Waals surface area contributed by atoms with Gasteiger partial charge in [0.05, 0.1) is 0 Å². The van der Waals surface area contributed by atoms with E-state index in [2.05, 4.69) is 12.2 Å². The molecular formula is C17H21N3O. The van der Waals surface area contributed by atoms with Crippen molar-refractivity contribution in [2.75, 3.05) is 11.9 Å². The zero-order valence-corrected chi connectivity index (χ0v) is 12.4. The van der Waals surface area contributed by atoms with Gasteiger partial charge in [-0.15, -0.1) is 0 Å². The normalized spacial score (nSPS) is 14.3. The van der Waals surface area contributed by atoms with Crippen molar-refractivity contribution < 1.29 is 5.11 Å². The number of aryl methyl sites for hydroxylation is 1. The van der Waals surface area contributed by atoms with E-state index in [-0.39, 0.29) is 5.75 Å². The molecule has 0 unspecified atom stereocenters. The lowest BCUT2D eigenvalue weighted by Gasteiger charge is -2.14. The van der Waals surface area contributed by atoms with Crippen LogP contribution in [-0.4, -0.2) is 21.6 Å². The van der Waals surface area contributed by atoms with Crippen molar-refractivity contribution in [2.45, 2.75) is 39.0 Å². The number of nitrogens with zero attached hydrogens (tertiary/aromatic N) is 2. The Labute approximate surface area is 125 Å². The summed E-state index contributed by atoms with van der Waals surface area (Å²) in [6.07, 6.45) is 5.72. The maximum atomic E-state index is 9.66. The number of hydrogen-bond acceptors (Lipinski definition) is 4. The van der Waals surface area contributed by atoms with E-state index >= 15 is 0 Å². The molecule has 1 heterocycles. The van der Waals surface area contributed by atoms with Gasteiger partial charge in [-0.2, -0.15) is 0 Å².